The summed E-state index contributed by atoms with van der Waals surface area (Å²) in [7, 11) is 0. The molecule has 52 valence electrons. The summed E-state index contributed by atoms with van der Waals surface area (Å²) in [5, 5.41) is 16.7. The van der Waals surface area contributed by atoms with Crippen LogP contribution in [0.5, 0.6) is 0 Å². The Hall–Kier alpha value is -0.740. The van der Waals surface area contributed by atoms with Gasteiger partial charge in [-0.25, -0.2) is 0 Å². The van der Waals surface area contributed by atoms with Crippen LogP contribution in [0.25, 0.3) is 0 Å². The third kappa shape index (κ3) is 2.94. The van der Waals surface area contributed by atoms with Crippen LogP contribution in [0.2, 0.25) is 0 Å². The highest BCUT2D eigenvalue weighted by Gasteiger charge is 2.11. The van der Waals surface area contributed by atoms with E-state index in [1.165, 1.54) is 0 Å². The van der Waals surface area contributed by atoms with Crippen molar-refractivity contribution in [3.63, 3.8) is 0 Å². The number of hydrogen-bond acceptors (Lipinski definition) is 4. The van der Waals surface area contributed by atoms with Crippen LogP contribution in [0.1, 0.15) is 6.42 Å². The normalized spacial score (nSPS) is 12.7. The Balaban J connectivity index is 3.58. The second-order valence-electron chi connectivity index (χ2n) is 1.54. The molecule has 0 aliphatic rings. The number of rotatable bonds is 4. The van der Waals surface area contributed by atoms with Crippen LogP contribution in [0.3, 0.4) is 0 Å². The second kappa shape index (κ2) is 4.17. The zero-order valence-electron chi connectivity index (χ0n) is 4.78. The monoisotopic (exact) mass is 132 g/mol. The van der Waals surface area contributed by atoms with E-state index < -0.39 is 18.5 Å². The van der Waals surface area contributed by atoms with E-state index in [-0.39, 0.29) is 6.42 Å². The molecule has 0 heterocycles. The third-order valence-corrected chi connectivity index (χ3v) is 0.847. The predicted molar refractivity (Wildman–Crippen MR) is 28.8 cm³/mol. The lowest BCUT2D eigenvalue weighted by Crippen LogP contribution is -2.23. The highest BCUT2D eigenvalue weighted by atomic mass is 16.3. The van der Waals surface area contributed by atoms with Gasteiger partial charge in [-0.3, -0.25) is 4.79 Å². The van der Waals surface area contributed by atoms with Gasteiger partial charge in [0.1, 0.15) is 19.0 Å². The van der Waals surface area contributed by atoms with Gasteiger partial charge in [-0.15, -0.1) is 0 Å². The Bertz CT molecular complexity index is 110. The van der Waals surface area contributed by atoms with E-state index >= 15 is 0 Å². The zero-order valence-corrected chi connectivity index (χ0v) is 4.78. The Kier molecular flexibility index (Phi) is 3.83. The first-order valence-electron chi connectivity index (χ1n) is 2.47. The van der Waals surface area contributed by atoms with Crippen molar-refractivity contribution in [1.29, 1.82) is 0 Å². The van der Waals surface area contributed by atoms with E-state index in [0.717, 1.165) is 0 Å². The molecule has 0 aromatic rings. The van der Waals surface area contributed by atoms with Crippen LogP contribution in [-0.4, -0.2) is 35.0 Å². The summed E-state index contributed by atoms with van der Waals surface area (Å²) in [6.45, 7) is -0.713. The summed E-state index contributed by atoms with van der Waals surface area (Å²) in [6.07, 6.45) is -1.13. The van der Waals surface area contributed by atoms with Gasteiger partial charge in [-0.05, 0) is 0 Å². The molecule has 0 aromatic carbocycles. The van der Waals surface area contributed by atoms with Gasteiger partial charge >= 0.3 is 0 Å². The number of Topliss-reactive ketones (excluding diaryl/α,β-unsaturated/α-hetero) is 1. The molecule has 4 nitrogen and oxygen atoms in total. The van der Waals surface area contributed by atoms with Crippen LogP contribution in [0.4, 0.5) is 0 Å². The van der Waals surface area contributed by atoms with Gasteiger partial charge in [0.25, 0.3) is 0 Å². The van der Waals surface area contributed by atoms with Crippen LogP contribution >= 0.6 is 0 Å². The van der Waals surface area contributed by atoms with E-state index in [1.807, 2.05) is 0 Å². The maximum Gasteiger partial charge on any atom is 0.186 e. The van der Waals surface area contributed by atoms with Crippen molar-refractivity contribution in [1.82, 2.24) is 0 Å². The quantitative estimate of drug-likeness (QED) is 0.456. The van der Waals surface area contributed by atoms with Crippen molar-refractivity contribution >= 4 is 12.1 Å². The molecule has 0 bridgehead atoms. The molecule has 0 spiro atoms. The molecular weight excluding hydrogens is 124 g/mol. The molecule has 1 atom stereocenters. The molecule has 9 heavy (non-hydrogen) atoms. The van der Waals surface area contributed by atoms with Crippen LogP contribution < -0.4 is 0 Å². The predicted octanol–water partition coefficient (Wildman–Crippen LogP) is -1.50. The van der Waals surface area contributed by atoms with Crippen molar-refractivity contribution in [3.05, 3.63) is 0 Å². The molecule has 0 aliphatic heterocycles. The van der Waals surface area contributed by atoms with E-state index in [9.17, 15) is 9.59 Å². The lowest BCUT2D eigenvalue weighted by Gasteiger charge is -2.00. The first-order valence-corrected chi connectivity index (χ1v) is 2.47. The van der Waals surface area contributed by atoms with Crippen molar-refractivity contribution in [3.8, 4) is 0 Å². The largest absolute Gasteiger partial charge is 0.388 e. The molecule has 0 rings (SSSR count). The summed E-state index contributed by atoms with van der Waals surface area (Å²) >= 11 is 0. The molecule has 0 amide bonds. The number of aliphatic hydroxyl groups excluding tert-OH is 2. The minimum Gasteiger partial charge on any atom is -0.388 e. The smallest absolute Gasteiger partial charge is 0.186 e. The van der Waals surface area contributed by atoms with Crippen molar-refractivity contribution in [2.45, 2.75) is 12.5 Å². The topological polar surface area (TPSA) is 74.6 Å². The minimum atomic E-state index is -1.33. The second-order valence-corrected chi connectivity index (χ2v) is 1.54. The summed E-state index contributed by atoms with van der Waals surface area (Å²) < 4.78 is 0. The molecule has 0 unspecified atom stereocenters. The van der Waals surface area contributed by atoms with E-state index in [2.05, 4.69) is 0 Å². The first kappa shape index (κ1) is 8.26. The first-order chi connectivity index (χ1) is 4.22. The number of aliphatic hydroxyl groups is 2. The molecule has 2 N–H and O–H groups in total. The van der Waals surface area contributed by atoms with Gasteiger partial charge in [0.05, 0.1) is 0 Å². The van der Waals surface area contributed by atoms with Crippen LogP contribution in [0.15, 0.2) is 0 Å². The van der Waals surface area contributed by atoms with Crippen molar-refractivity contribution in [2.24, 2.45) is 0 Å². The average molecular weight is 132 g/mol. The van der Waals surface area contributed by atoms with Crippen LogP contribution in [0, 0.1) is 0 Å². The van der Waals surface area contributed by atoms with Crippen molar-refractivity contribution < 1.29 is 19.8 Å². The summed E-state index contributed by atoms with van der Waals surface area (Å²) in [4.78, 5) is 19.9. The molecule has 0 aromatic heterocycles. The SMILES string of the molecule is O=CC[C@H](O)C(=O)CO. The molecule has 0 radical (unpaired) electrons. The highest BCUT2D eigenvalue weighted by Crippen LogP contribution is 1.87. The molecule has 0 fully saturated rings. The van der Waals surface area contributed by atoms with Gasteiger partial charge in [-0.1, -0.05) is 0 Å². The fourth-order valence-corrected chi connectivity index (χ4v) is 0.328. The number of hydrogen-bond donors (Lipinski definition) is 2. The number of carbonyl (C=O) groups excluding carboxylic acids is 2. The van der Waals surface area contributed by atoms with E-state index in [0.29, 0.717) is 6.29 Å². The fraction of sp³-hybridized carbons (Fsp3) is 0.600. The number of ketones is 1. The van der Waals surface area contributed by atoms with Gasteiger partial charge in [0.2, 0.25) is 0 Å². The van der Waals surface area contributed by atoms with Gasteiger partial charge in [-0.2, -0.15) is 0 Å². The Morgan fingerprint density at radius 3 is 2.56 bits per heavy atom. The van der Waals surface area contributed by atoms with Gasteiger partial charge in [0, 0.05) is 6.42 Å². The maximum atomic E-state index is 10.2. The lowest BCUT2D eigenvalue weighted by atomic mass is 10.2. The molecular formula is C5H8O4. The van der Waals surface area contributed by atoms with Crippen LogP contribution in [-0.2, 0) is 9.59 Å². The molecule has 0 aliphatic carbocycles. The molecule has 0 saturated heterocycles. The lowest BCUT2D eigenvalue weighted by molar-refractivity contribution is -0.131. The zero-order chi connectivity index (χ0) is 7.28. The number of aldehydes is 1. The van der Waals surface area contributed by atoms with Crippen molar-refractivity contribution in [2.75, 3.05) is 6.61 Å². The summed E-state index contributed by atoms with van der Waals surface area (Å²) in [5.41, 5.74) is 0. The Morgan fingerprint density at radius 2 is 2.22 bits per heavy atom. The molecule has 0 saturated carbocycles. The number of carbonyl (C=O) groups is 2. The Labute approximate surface area is 52.1 Å². The maximum absolute atomic E-state index is 10.2. The fourth-order valence-electron chi connectivity index (χ4n) is 0.328. The third-order valence-electron chi connectivity index (χ3n) is 0.847. The highest BCUT2D eigenvalue weighted by molar-refractivity contribution is 5.85. The average Bonchev–Trinajstić information content (AvgIpc) is 1.87. The van der Waals surface area contributed by atoms with Gasteiger partial charge < -0.3 is 15.0 Å². The minimum absolute atomic E-state index is 0.237. The Morgan fingerprint density at radius 1 is 1.67 bits per heavy atom. The summed E-state index contributed by atoms with van der Waals surface area (Å²) in [6, 6.07) is 0. The van der Waals surface area contributed by atoms with E-state index in [4.69, 9.17) is 10.2 Å². The molecule has 4 heteroatoms. The standard InChI is InChI=1S/C5H8O4/c6-2-1-4(8)5(9)3-7/h2,4,7-8H,1,3H2/t4-/m0/s1. The summed E-state index contributed by atoms with van der Waals surface area (Å²) in [5.74, 6) is -0.720. The van der Waals surface area contributed by atoms with Gasteiger partial charge in [0.15, 0.2) is 5.78 Å². The van der Waals surface area contributed by atoms with E-state index in [1.54, 1.807) is 0 Å².